The molecule has 0 unspecified atom stereocenters. The average Bonchev–Trinajstić information content (AvgIpc) is 2.60. The van der Waals surface area contributed by atoms with E-state index in [1.165, 1.54) is 31.5 Å². The van der Waals surface area contributed by atoms with Crippen molar-refractivity contribution in [2.24, 2.45) is 0 Å². The molecule has 0 saturated heterocycles. The van der Waals surface area contributed by atoms with E-state index >= 15 is 0 Å². The predicted molar refractivity (Wildman–Crippen MR) is 87.7 cm³/mol. The Balaban J connectivity index is 1.97. The summed E-state index contributed by atoms with van der Waals surface area (Å²) in [5, 5.41) is 2.85. The van der Waals surface area contributed by atoms with Crippen molar-refractivity contribution in [2.45, 2.75) is 6.18 Å². The standard InChI is InChI=1S/C18H13F3N2O2/c1-25-12-7-5-11(6-8-12)17(24)23-15-9-10-22-16-13(15)3-2-4-14(16)18(19,20)21/h2-10H,1H3,(H,22,23,24). The summed E-state index contributed by atoms with van der Waals surface area (Å²) in [6.07, 6.45) is -3.29. The van der Waals surface area contributed by atoms with E-state index in [0.29, 0.717) is 11.3 Å². The lowest BCUT2D eigenvalue weighted by atomic mass is 10.1. The van der Waals surface area contributed by atoms with Gasteiger partial charge in [0.05, 0.1) is 23.9 Å². The summed E-state index contributed by atoms with van der Waals surface area (Å²) in [5.41, 5.74) is -0.428. The molecule has 2 aromatic carbocycles. The number of anilines is 1. The van der Waals surface area contributed by atoms with Crippen LogP contribution in [0.1, 0.15) is 15.9 Å². The lowest BCUT2D eigenvalue weighted by Gasteiger charge is -2.13. The third-order valence-corrected chi connectivity index (χ3v) is 3.68. The molecule has 0 aliphatic carbocycles. The zero-order valence-corrected chi connectivity index (χ0v) is 13.1. The van der Waals surface area contributed by atoms with Crippen LogP contribution in [0.15, 0.2) is 54.7 Å². The van der Waals surface area contributed by atoms with Crippen LogP contribution >= 0.6 is 0 Å². The van der Waals surface area contributed by atoms with Crippen LogP contribution in [0.5, 0.6) is 5.75 Å². The van der Waals surface area contributed by atoms with Crippen molar-refractivity contribution in [3.63, 3.8) is 0 Å². The fourth-order valence-electron chi connectivity index (χ4n) is 2.45. The minimum Gasteiger partial charge on any atom is -0.497 e. The maximum absolute atomic E-state index is 13.1. The first kappa shape index (κ1) is 16.8. The monoisotopic (exact) mass is 346 g/mol. The van der Waals surface area contributed by atoms with Gasteiger partial charge in [-0.25, -0.2) is 0 Å². The highest BCUT2D eigenvalue weighted by Crippen LogP contribution is 2.35. The quantitative estimate of drug-likeness (QED) is 0.759. The summed E-state index contributed by atoms with van der Waals surface area (Å²) in [5.74, 6) is 0.160. The van der Waals surface area contributed by atoms with E-state index in [4.69, 9.17) is 4.74 Å². The number of methoxy groups -OCH3 is 1. The molecule has 1 heterocycles. The molecule has 0 aliphatic rings. The van der Waals surface area contributed by atoms with E-state index in [9.17, 15) is 18.0 Å². The third-order valence-electron chi connectivity index (χ3n) is 3.68. The number of hydrogen-bond donors (Lipinski definition) is 1. The number of hydrogen-bond acceptors (Lipinski definition) is 3. The van der Waals surface area contributed by atoms with Gasteiger partial charge < -0.3 is 10.1 Å². The van der Waals surface area contributed by atoms with Gasteiger partial charge in [-0.2, -0.15) is 13.2 Å². The molecule has 3 aromatic rings. The van der Waals surface area contributed by atoms with E-state index in [0.717, 1.165) is 6.07 Å². The number of ether oxygens (including phenoxy) is 1. The van der Waals surface area contributed by atoms with Gasteiger partial charge in [-0.1, -0.05) is 12.1 Å². The highest BCUT2D eigenvalue weighted by molar-refractivity contribution is 6.08. The Labute approximate surface area is 141 Å². The molecule has 0 saturated carbocycles. The van der Waals surface area contributed by atoms with Gasteiger partial charge in [0, 0.05) is 17.1 Å². The van der Waals surface area contributed by atoms with Crippen molar-refractivity contribution >= 4 is 22.5 Å². The first-order valence-corrected chi connectivity index (χ1v) is 7.30. The highest BCUT2D eigenvalue weighted by Gasteiger charge is 2.33. The number of aromatic nitrogens is 1. The van der Waals surface area contributed by atoms with Crippen LogP contribution in [0.3, 0.4) is 0 Å². The average molecular weight is 346 g/mol. The fourth-order valence-corrected chi connectivity index (χ4v) is 2.45. The molecule has 1 N–H and O–H groups in total. The zero-order chi connectivity index (χ0) is 18.0. The Bertz CT molecular complexity index is 922. The Morgan fingerprint density at radius 1 is 1.08 bits per heavy atom. The summed E-state index contributed by atoms with van der Waals surface area (Å²) < 4.78 is 44.4. The Morgan fingerprint density at radius 2 is 1.80 bits per heavy atom. The van der Waals surface area contributed by atoms with E-state index in [1.807, 2.05) is 0 Å². The third kappa shape index (κ3) is 3.40. The molecule has 7 heteroatoms. The molecule has 1 amide bonds. The maximum Gasteiger partial charge on any atom is 0.418 e. The molecule has 0 aliphatic heterocycles. The van der Waals surface area contributed by atoms with Gasteiger partial charge in [0.1, 0.15) is 5.75 Å². The molecule has 3 rings (SSSR count). The molecule has 0 radical (unpaired) electrons. The molecule has 0 atom stereocenters. The van der Waals surface area contributed by atoms with Crippen LogP contribution in [-0.2, 0) is 6.18 Å². The lowest BCUT2D eigenvalue weighted by Crippen LogP contribution is -2.13. The van der Waals surface area contributed by atoms with Crippen LogP contribution in [0.2, 0.25) is 0 Å². The lowest BCUT2D eigenvalue weighted by molar-refractivity contribution is -0.136. The van der Waals surface area contributed by atoms with Gasteiger partial charge in [0.2, 0.25) is 0 Å². The molecule has 0 fully saturated rings. The molecular formula is C18H13F3N2O2. The van der Waals surface area contributed by atoms with Gasteiger partial charge in [-0.05, 0) is 36.4 Å². The predicted octanol–water partition coefficient (Wildman–Crippen LogP) is 4.51. The van der Waals surface area contributed by atoms with E-state index in [-0.39, 0.29) is 16.6 Å². The Kier molecular flexibility index (Phi) is 4.31. The molecule has 0 bridgehead atoms. The van der Waals surface area contributed by atoms with Crippen molar-refractivity contribution < 1.29 is 22.7 Å². The number of fused-ring (bicyclic) bond motifs is 1. The molecule has 4 nitrogen and oxygen atoms in total. The minimum atomic E-state index is -4.52. The largest absolute Gasteiger partial charge is 0.497 e. The normalized spacial score (nSPS) is 11.4. The number of carbonyl (C=O) groups is 1. The number of para-hydroxylation sites is 1. The van der Waals surface area contributed by atoms with E-state index in [2.05, 4.69) is 10.3 Å². The van der Waals surface area contributed by atoms with Gasteiger partial charge in [-0.3, -0.25) is 9.78 Å². The summed E-state index contributed by atoms with van der Waals surface area (Å²) in [6, 6.07) is 11.6. The topological polar surface area (TPSA) is 51.2 Å². The zero-order valence-electron chi connectivity index (χ0n) is 13.1. The second-order valence-corrected chi connectivity index (χ2v) is 5.24. The summed E-state index contributed by atoms with van der Waals surface area (Å²) in [4.78, 5) is 16.2. The second kappa shape index (κ2) is 6.43. The van der Waals surface area contributed by atoms with Crippen LogP contribution in [0.4, 0.5) is 18.9 Å². The molecular weight excluding hydrogens is 333 g/mol. The van der Waals surface area contributed by atoms with Crippen molar-refractivity contribution in [1.82, 2.24) is 4.98 Å². The van der Waals surface area contributed by atoms with Gasteiger partial charge >= 0.3 is 6.18 Å². The fraction of sp³-hybridized carbons (Fsp3) is 0.111. The van der Waals surface area contributed by atoms with Crippen LogP contribution in [-0.4, -0.2) is 18.0 Å². The first-order valence-electron chi connectivity index (χ1n) is 7.30. The molecule has 0 spiro atoms. The number of nitrogens with one attached hydrogen (secondary N) is 1. The van der Waals surface area contributed by atoms with E-state index in [1.54, 1.807) is 24.3 Å². The van der Waals surface area contributed by atoms with Crippen LogP contribution < -0.4 is 10.1 Å². The number of nitrogens with zero attached hydrogens (tertiary/aromatic N) is 1. The van der Waals surface area contributed by atoms with Gasteiger partial charge in [-0.15, -0.1) is 0 Å². The number of halogens is 3. The van der Waals surface area contributed by atoms with Crippen molar-refractivity contribution in [1.29, 1.82) is 0 Å². The maximum atomic E-state index is 13.1. The Hall–Kier alpha value is -3.09. The first-order chi connectivity index (χ1) is 11.9. The number of pyridine rings is 1. The smallest absolute Gasteiger partial charge is 0.418 e. The number of benzene rings is 2. The van der Waals surface area contributed by atoms with E-state index < -0.39 is 17.6 Å². The minimum absolute atomic E-state index is 0.206. The van der Waals surface area contributed by atoms with Crippen LogP contribution in [0.25, 0.3) is 10.9 Å². The summed E-state index contributed by atoms with van der Waals surface area (Å²) in [7, 11) is 1.51. The van der Waals surface area contributed by atoms with Crippen molar-refractivity contribution in [2.75, 3.05) is 12.4 Å². The number of carbonyl (C=O) groups excluding carboxylic acids is 1. The van der Waals surface area contributed by atoms with Crippen molar-refractivity contribution in [3.8, 4) is 5.75 Å². The van der Waals surface area contributed by atoms with Crippen molar-refractivity contribution in [3.05, 3.63) is 65.9 Å². The second-order valence-electron chi connectivity index (χ2n) is 5.24. The van der Waals surface area contributed by atoms with Gasteiger partial charge in [0.25, 0.3) is 5.91 Å². The summed E-state index contributed by atoms with van der Waals surface area (Å²) in [6.45, 7) is 0. The highest BCUT2D eigenvalue weighted by atomic mass is 19.4. The number of rotatable bonds is 3. The molecule has 1 aromatic heterocycles. The summed E-state index contributed by atoms with van der Waals surface area (Å²) >= 11 is 0. The van der Waals surface area contributed by atoms with Gasteiger partial charge in [0.15, 0.2) is 0 Å². The molecule has 128 valence electrons. The molecule has 25 heavy (non-hydrogen) atoms. The van der Waals surface area contributed by atoms with Crippen LogP contribution in [0, 0.1) is 0 Å². The SMILES string of the molecule is COc1ccc(C(=O)Nc2ccnc3c(C(F)(F)F)cccc23)cc1. The Morgan fingerprint density at radius 3 is 2.44 bits per heavy atom. The number of amides is 1. The number of alkyl halides is 3.